The highest BCUT2D eigenvalue weighted by Crippen LogP contribution is 2.47. The molecule has 140 valence electrons. The van der Waals surface area contributed by atoms with Crippen LogP contribution in [0.2, 0.25) is 0 Å². The van der Waals surface area contributed by atoms with Gasteiger partial charge in [-0.2, -0.15) is 0 Å². The summed E-state index contributed by atoms with van der Waals surface area (Å²) < 4.78 is 19.2. The van der Waals surface area contributed by atoms with Gasteiger partial charge in [0.2, 0.25) is 5.69 Å². The van der Waals surface area contributed by atoms with Crippen molar-refractivity contribution in [3.05, 3.63) is 52.7 Å². The van der Waals surface area contributed by atoms with Crippen molar-refractivity contribution in [1.29, 1.82) is 0 Å². The first-order chi connectivity index (χ1) is 12.8. The highest BCUT2D eigenvalue weighted by molar-refractivity contribution is 5.65. The van der Waals surface area contributed by atoms with Gasteiger partial charge in [-0.3, -0.25) is 0 Å². The highest BCUT2D eigenvalue weighted by Gasteiger charge is 2.37. The molecule has 1 aliphatic rings. The minimum Gasteiger partial charge on any atom is -0.201 e. The van der Waals surface area contributed by atoms with E-state index < -0.39 is 6.37 Å². The molecule has 1 aliphatic carbocycles. The lowest BCUT2D eigenvalue weighted by Gasteiger charge is -2.42. The Balaban J connectivity index is 2.24. The second kappa shape index (κ2) is 6.51. The lowest BCUT2D eigenvalue weighted by Crippen LogP contribution is -2.35. The van der Waals surface area contributed by atoms with Gasteiger partial charge in [0.15, 0.2) is 6.20 Å². The van der Waals surface area contributed by atoms with Gasteiger partial charge in [-0.15, -0.1) is 0 Å². The summed E-state index contributed by atoms with van der Waals surface area (Å²) >= 11 is 0. The van der Waals surface area contributed by atoms with Crippen LogP contribution < -0.4 is 4.57 Å². The van der Waals surface area contributed by atoms with Gasteiger partial charge in [0.25, 0.3) is 0 Å². The summed E-state index contributed by atoms with van der Waals surface area (Å²) in [6.07, 6.45) is 3.06. The van der Waals surface area contributed by atoms with Crippen LogP contribution in [0.1, 0.15) is 79.4 Å². The van der Waals surface area contributed by atoms with E-state index >= 15 is 0 Å². The molecule has 0 bridgehead atoms. The molecule has 1 heteroatoms. The van der Waals surface area contributed by atoms with Crippen LogP contribution in [0.4, 0.5) is 0 Å². The van der Waals surface area contributed by atoms with Gasteiger partial charge in [0.1, 0.15) is 7.05 Å². The Morgan fingerprint density at radius 1 is 1.04 bits per heavy atom. The molecule has 26 heavy (non-hydrogen) atoms. The summed E-state index contributed by atoms with van der Waals surface area (Å²) in [6.45, 7) is 15.5. The zero-order valence-electron chi connectivity index (χ0n) is 19.8. The van der Waals surface area contributed by atoms with E-state index in [1.807, 2.05) is 26.1 Å². The average Bonchev–Trinajstić information content (AvgIpc) is 2.59. The second-order valence-corrected chi connectivity index (χ2v) is 9.69. The van der Waals surface area contributed by atoms with Gasteiger partial charge in [0.05, 0.1) is 0 Å². The van der Waals surface area contributed by atoms with E-state index in [-0.39, 0.29) is 16.7 Å². The Bertz CT molecular complexity index is 907. The molecular weight excluding hydrogens is 314 g/mol. The third-order valence-electron chi connectivity index (χ3n) is 6.08. The topological polar surface area (TPSA) is 3.88 Å². The smallest absolute Gasteiger partial charge is 0.201 e. The summed E-state index contributed by atoms with van der Waals surface area (Å²) in [4.78, 5) is 0. The third kappa shape index (κ3) is 3.46. The van der Waals surface area contributed by atoms with Crippen molar-refractivity contribution in [2.24, 2.45) is 13.0 Å². The quantitative estimate of drug-likeness (QED) is 0.593. The predicted octanol–water partition coefficient (Wildman–Crippen LogP) is 6.03. The van der Waals surface area contributed by atoms with Crippen molar-refractivity contribution in [2.45, 2.75) is 78.5 Å². The molecule has 2 aromatic rings. The van der Waals surface area contributed by atoms with Crippen molar-refractivity contribution in [1.82, 2.24) is 0 Å². The number of aromatic nitrogens is 1. The number of rotatable bonds is 3. The first kappa shape index (κ1) is 16.5. The summed E-state index contributed by atoms with van der Waals surface area (Å²) in [6, 6.07) is 8.74. The fourth-order valence-corrected chi connectivity index (χ4v) is 4.26. The molecular formula is C25H36N+. The summed E-state index contributed by atoms with van der Waals surface area (Å²) in [5, 5.41) is 0. The molecule has 0 radical (unpaired) electrons. The van der Waals surface area contributed by atoms with Crippen molar-refractivity contribution in [2.75, 3.05) is 0 Å². The first-order valence-electron chi connectivity index (χ1n) is 10.9. The van der Waals surface area contributed by atoms with Gasteiger partial charge < -0.3 is 0 Å². The van der Waals surface area contributed by atoms with Crippen molar-refractivity contribution < 1.29 is 7.31 Å². The number of benzene rings is 1. The lowest BCUT2D eigenvalue weighted by atomic mass is 9.62. The van der Waals surface area contributed by atoms with E-state index in [4.69, 9.17) is 2.74 Å². The van der Waals surface area contributed by atoms with Gasteiger partial charge in [-0.1, -0.05) is 47.6 Å². The molecule has 1 nitrogen and oxygen atoms in total. The number of fused-ring (bicyclic) bond motifs is 1. The Morgan fingerprint density at radius 2 is 1.62 bits per heavy atom. The monoisotopic (exact) mass is 352 g/mol. The lowest BCUT2D eigenvalue weighted by molar-refractivity contribution is -0.660. The summed E-state index contributed by atoms with van der Waals surface area (Å²) in [5.41, 5.74) is 7.61. The number of aryl methyl sites for hydroxylation is 2. The van der Waals surface area contributed by atoms with E-state index in [9.17, 15) is 0 Å². The molecule has 0 spiro atoms. The zero-order valence-corrected chi connectivity index (χ0v) is 17.8. The molecule has 0 saturated carbocycles. The maximum absolute atomic E-state index is 8.53. The average molecular weight is 353 g/mol. The number of hydrogen-bond acceptors (Lipinski definition) is 0. The molecule has 1 aromatic carbocycles. The van der Waals surface area contributed by atoms with Crippen molar-refractivity contribution in [3.8, 4) is 11.3 Å². The minimum atomic E-state index is -1.34. The molecule has 0 saturated heterocycles. The normalized spacial score (nSPS) is 19.7. The highest BCUT2D eigenvalue weighted by atomic mass is 14.9. The van der Waals surface area contributed by atoms with Crippen LogP contribution in [-0.2, 0) is 24.3 Å². The molecule has 0 aliphatic heterocycles. The molecule has 0 unspecified atom stereocenters. The number of hydrogen-bond donors (Lipinski definition) is 0. The van der Waals surface area contributed by atoms with Crippen LogP contribution in [0.5, 0.6) is 0 Å². The summed E-state index contributed by atoms with van der Waals surface area (Å²) in [5.74, 6) is -0.0718. The largest absolute Gasteiger partial charge is 0.212 e. The van der Waals surface area contributed by atoms with E-state index in [0.29, 0.717) is 0 Å². The molecule has 3 rings (SSSR count). The maximum atomic E-state index is 8.53. The van der Waals surface area contributed by atoms with E-state index in [0.717, 1.165) is 11.3 Å². The van der Waals surface area contributed by atoms with Crippen molar-refractivity contribution in [3.63, 3.8) is 0 Å². The maximum Gasteiger partial charge on any atom is 0.212 e. The van der Waals surface area contributed by atoms with Gasteiger partial charge in [0, 0.05) is 20.4 Å². The fraction of sp³-hybridized carbons (Fsp3) is 0.560. The van der Waals surface area contributed by atoms with Gasteiger partial charge in [-0.05, 0) is 71.2 Å². The van der Waals surface area contributed by atoms with Crippen LogP contribution in [0.15, 0.2) is 30.5 Å². The van der Waals surface area contributed by atoms with Crippen molar-refractivity contribution >= 4 is 0 Å². The second-order valence-electron chi connectivity index (χ2n) is 9.69. The van der Waals surface area contributed by atoms with Gasteiger partial charge >= 0.3 is 0 Å². The minimum absolute atomic E-state index is 0.0718. The first-order valence-corrected chi connectivity index (χ1v) is 9.93. The predicted molar refractivity (Wildman–Crippen MR) is 112 cm³/mol. The van der Waals surface area contributed by atoms with Crippen LogP contribution in [0.3, 0.4) is 0 Å². The molecule has 1 aromatic heterocycles. The fourth-order valence-electron chi connectivity index (χ4n) is 4.26. The molecule has 0 N–H and O–H groups in total. The van der Waals surface area contributed by atoms with Gasteiger partial charge in [-0.25, -0.2) is 4.57 Å². The van der Waals surface area contributed by atoms with E-state index in [1.54, 1.807) is 0 Å². The Hall–Kier alpha value is -1.63. The van der Waals surface area contributed by atoms with Crippen LogP contribution in [-0.4, -0.2) is 0 Å². The Kier molecular flexibility index (Phi) is 4.14. The number of pyridine rings is 1. The third-order valence-corrected chi connectivity index (χ3v) is 6.08. The SMILES string of the molecule is [2H]C([2H])(c1cc[n+](C)c(-c2cc3c(cc2C)C(C)(C)CCC3(C)C)c1)C(C)C. The van der Waals surface area contributed by atoms with Crippen LogP contribution >= 0.6 is 0 Å². The standard InChI is InChI=1S/C25H36N/c1-17(2)13-19-9-12-26(8)23(15-19)20-16-22-21(14-18(20)3)24(4,5)10-11-25(22,6)7/h9,12,14-17H,10-11,13H2,1-8H3/q+1/i13D2. The van der Waals surface area contributed by atoms with E-state index in [2.05, 4.69) is 64.4 Å². The zero-order chi connectivity index (χ0) is 21.1. The van der Waals surface area contributed by atoms with Crippen LogP contribution in [0, 0.1) is 12.8 Å². The Labute approximate surface area is 163 Å². The molecule has 0 fully saturated rings. The summed E-state index contributed by atoms with van der Waals surface area (Å²) in [7, 11) is 2.05. The molecule has 0 atom stereocenters. The molecule has 0 amide bonds. The van der Waals surface area contributed by atoms with E-state index in [1.165, 1.54) is 35.1 Å². The number of nitrogens with zero attached hydrogens (tertiary/aromatic N) is 1. The van der Waals surface area contributed by atoms with Crippen LogP contribution in [0.25, 0.3) is 11.3 Å². The molecule has 1 heterocycles. The Morgan fingerprint density at radius 3 is 2.19 bits per heavy atom.